The summed E-state index contributed by atoms with van der Waals surface area (Å²) in [5.74, 6) is 1.35. The van der Waals surface area contributed by atoms with Crippen LogP contribution in [0.2, 0.25) is 0 Å². The number of H-pyrrole nitrogens is 1. The average Bonchev–Trinajstić information content (AvgIpc) is 3.06. The zero-order valence-corrected chi connectivity index (χ0v) is 14.0. The summed E-state index contributed by atoms with van der Waals surface area (Å²) in [6, 6.07) is 9.12. The molecule has 7 heteroatoms. The Hall–Kier alpha value is -2.25. The van der Waals surface area contributed by atoms with Gasteiger partial charge in [-0.3, -0.25) is 14.8 Å². The van der Waals surface area contributed by atoms with Crippen LogP contribution in [-0.4, -0.2) is 45.7 Å². The number of nitrogens with two attached hydrogens (primary N) is 1. The molecule has 2 atom stereocenters. The number of rotatable bonds is 5. The molecule has 1 aliphatic heterocycles. The minimum Gasteiger partial charge on any atom is -0.368 e. The summed E-state index contributed by atoms with van der Waals surface area (Å²) >= 11 is 0. The van der Waals surface area contributed by atoms with Gasteiger partial charge >= 0.3 is 0 Å². The fourth-order valence-corrected chi connectivity index (χ4v) is 2.95. The summed E-state index contributed by atoms with van der Waals surface area (Å²) in [5, 5.41) is 7.18. The zero-order valence-electron chi connectivity index (χ0n) is 14.0. The first-order chi connectivity index (χ1) is 11.6. The van der Waals surface area contributed by atoms with Crippen LogP contribution in [0.15, 0.2) is 30.3 Å². The van der Waals surface area contributed by atoms with E-state index < -0.39 is 6.04 Å². The zero-order chi connectivity index (χ0) is 17.1. The van der Waals surface area contributed by atoms with Gasteiger partial charge in [0.15, 0.2) is 11.6 Å². The van der Waals surface area contributed by atoms with Gasteiger partial charge in [0, 0.05) is 19.0 Å². The van der Waals surface area contributed by atoms with Gasteiger partial charge in [0.2, 0.25) is 5.91 Å². The Morgan fingerprint density at radius 3 is 2.75 bits per heavy atom. The first-order valence-electron chi connectivity index (χ1n) is 8.18. The largest absolute Gasteiger partial charge is 0.368 e. The number of primary amides is 1. The van der Waals surface area contributed by atoms with E-state index in [1.54, 1.807) is 0 Å². The number of amides is 1. The molecule has 0 unspecified atom stereocenters. The molecule has 1 saturated heterocycles. The number of nitrogens with one attached hydrogen (secondary N) is 1. The van der Waals surface area contributed by atoms with Crippen LogP contribution in [0.3, 0.4) is 0 Å². The molecule has 128 valence electrons. The minimum absolute atomic E-state index is 0.246. The number of aromatic amines is 1. The summed E-state index contributed by atoms with van der Waals surface area (Å²) in [6.45, 7) is 5.78. The summed E-state index contributed by atoms with van der Waals surface area (Å²) < 4.78 is 5.83. The van der Waals surface area contributed by atoms with Crippen LogP contribution in [-0.2, 0) is 9.53 Å². The molecule has 0 spiro atoms. The minimum atomic E-state index is -0.468. The van der Waals surface area contributed by atoms with E-state index in [9.17, 15) is 4.79 Å². The number of aromatic nitrogens is 3. The quantitative estimate of drug-likeness (QED) is 0.867. The Labute approximate surface area is 141 Å². The maximum Gasteiger partial charge on any atom is 0.239 e. The number of carbonyl (C=O) groups is 1. The van der Waals surface area contributed by atoms with Crippen molar-refractivity contribution in [2.75, 3.05) is 19.7 Å². The third kappa shape index (κ3) is 3.47. The maximum atomic E-state index is 12.0. The Morgan fingerprint density at radius 2 is 2.12 bits per heavy atom. The summed E-state index contributed by atoms with van der Waals surface area (Å²) in [5.41, 5.74) is 6.56. The van der Waals surface area contributed by atoms with Crippen molar-refractivity contribution in [3.63, 3.8) is 0 Å². The van der Waals surface area contributed by atoms with Crippen LogP contribution in [0.1, 0.15) is 49.1 Å². The highest BCUT2D eigenvalue weighted by molar-refractivity contribution is 5.81. The molecule has 1 aliphatic rings. The molecule has 1 aromatic carbocycles. The Bertz CT molecular complexity index is 685. The van der Waals surface area contributed by atoms with E-state index >= 15 is 0 Å². The summed E-state index contributed by atoms with van der Waals surface area (Å²) in [4.78, 5) is 18.6. The van der Waals surface area contributed by atoms with Crippen LogP contribution >= 0.6 is 0 Å². The molecule has 0 bridgehead atoms. The second-order valence-corrected chi connectivity index (χ2v) is 6.30. The molecular weight excluding hydrogens is 306 g/mol. The topological polar surface area (TPSA) is 97.1 Å². The highest BCUT2D eigenvalue weighted by Crippen LogP contribution is 2.27. The highest BCUT2D eigenvalue weighted by atomic mass is 16.5. The lowest BCUT2D eigenvalue weighted by atomic mass is 10.0. The molecular formula is C17H23N5O2. The van der Waals surface area contributed by atoms with Crippen LogP contribution in [0, 0.1) is 0 Å². The van der Waals surface area contributed by atoms with Gasteiger partial charge in [0.05, 0.1) is 6.61 Å². The molecule has 1 fully saturated rings. The van der Waals surface area contributed by atoms with Gasteiger partial charge in [-0.15, -0.1) is 0 Å². The summed E-state index contributed by atoms with van der Waals surface area (Å²) in [7, 11) is 0. The van der Waals surface area contributed by atoms with Crippen molar-refractivity contribution in [2.24, 2.45) is 5.73 Å². The lowest BCUT2D eigenvalue weighted by Crippen LogP contribution is -2.45. The van der Waals surface area contributed by atoms with Crippen molar-refractivity contribution in [3.05, 3.63) is 47.5 Å². The monoisotopic (exact) mass is 329 g/mol. The summed E-state index contributed by atoms with van der Waals surface area (Å²) in [6.07, 6.45) is -0.246. The number of morpholine rings is 1. The van der Waals surface area contributed by atoms with Gasteiger partial charge in [0.1, 0.15) is 12.1 Å². The molecule has 3 rings (SSSR count). The van der Waals surface area contributed by atoms with Crippen LogP contribution < -0.4 is 5.73 Å². The van der Waals surface area contributed by atoms with Gasteiger partial charge in [-0.2, -0.15) is 5.10 Å². The molecule has 3 N–H and O–H groups in total. The maximum absolute atomic E-state index is 12.0. The fraction of sp³-hybridized carbons (Fsp3) is 0.471. The van der Waals surface area contributed by atoms with E-state index in [0.717, 1.165) is 11.4 Å². The number of hydrogen-bond donors (Lipinski definition) is 2. The second kappa shape index (κ2) is 7.11. The van der Waals surface area contributed by atoms with Crippen molar-refractivity contribution in [1.82, 2.24) is 20.1 Å². The van der Waals surface area contributed by atoms with E-state index in [4.69, 9.17) is 10.5 Å². The van der Waals surface area contributed by atoms with Gasteiger partial charge in [-0.1, -0.05) is 44.2 Å². The van der Waals surface area contributed by atoms with E-state index in [2.05, 4.69) is 15.2 Å². The smallest absolute Gasteiger partial charge is 0.239 e. The molecule has 0 radical (unpaired) electrons. The van der Waals surface area contributed by atoms with Crippen molar-refractivity contribution in [3.8, 4) is 0 Å². The van der Waals surface area contributed by atoms with E-state index in [1.165, 1.54) is 0 Å². The SMILES string of the molecule is CC(C)c1n[nH]c([C@H]2CN([C@@H](C(N)=O)c3ccccc3)CCO2)n1. The first kappa shape index (κ1) is 16.6. The third-order valence-corrected chi connectivity index (χ3v) is 4.19. The number of nitrogens with zero attached hydrogens (tertiary/aromatic N) is 3. The Kier molecular flexibility index (Phi) is 4.92. The van der Waals surface area contributed by atoms with E-state index in [0.29, 0.717) is 25.5 Å². The van der Waals surface area contributed by atoms with Crippen LogP contribution in [0.4, 0.5) is 0 Å². The molecule has 1 aromatic heterocycles. The molecule has 24 heavy (non-hydrogen) atoms. The van der Waals surface area contributed by atoms with Crippen molar-refractivity contribution in [1.29, 1.82) is 0 Å². The number of ether oxygens (including phenoxy) is 1. The molecule has 2 aromatic rings. The number of hydrogen-bond acceptors (Lipinski definition) is 5. The molecule has 0 saturated carbocycles. The molecule has 7 nitrogen and oxygen atoms in total. The molecule has 1 amide bonds. The highest BCUT2D eigenvalue weighted by Gasteiger charge is 2.32. The predicted octanol–water partition coefficient (Wildman–Crippen LogP) is 1.53. The molecule has 0 aliphatic carbocycles. The number of benzene rings is 1. The van der Waals surface area contributed by atoms with Crippen molar-refractivity contribution < 1.29 is 9.53 Å². The van der Waals surface area contributed by atoms with E-state index in [1.807, 2.05) is 49.1 Å². The van der Waals surface area contributed by atoms with Crippen LogP contribution in [0.5, 0.6) is 0 Å². The Morgan fingerprint density at radius 1 is 1.38 bits per heavy atom. The second-order valence-electron chi connectivity index (χ2n) is 6.30. The predicted molar refractivity (Wildman–Crippen MR) is 89.1 cm³/mol. The third-order valence-electron chi connectivity index (χ3n) is 4.19. The number of carbonyl (C=O) groups excluding carboxylic acids is 1. The van der Waals surface area contributed by atoms with Crippen molar-refractivity contribution >= 4 is 5.91 Å². The van der Waals surface area contributed by atoms with Crippen LogP contribution in [0.25, 0.3) is 0 Å². The first-order valence-corrected chi connectivity index (χ1v) is 8.18. The van der Waals surface area contributed by atoms with Crippen molar-refractivity contribution in [2.45, 2.75) is 31.9 Å². The van der Waals surface area contributed by atoms with Gasteiger partial charge < -0.3 is 10.5 Å². The van der Waals surface area contributed by atoms with Gasteiger partial charge in [0.25, 0.3) is 0 Å². The van der Waals surface area contributed by atoms with Gasteiger partial charge in [-0.05, 0) is 5.56 Å². The van der Waals surface area contributed by atoms with E-state index in [-0.39, 0.29) is 17.9 Å². The standard InChI is InChI=1S/C17H23N5O2/c1-11(2)16-19-17(21-20-16)13-10-22(8-9-24-13)14(15(18)23)12-6-4-3-5-7-12/h3-7,11,13-14H,8-10H2,1-2H3,(H2,18,23)(H,19,20,21)/t13-,14-/m1/s1. The average molecular weight is 329 g/mol. The molecule has 2 heterocycles. The van der Waals surface area contributed by atoms with Gasteiger partial charge in [-0.25, -0.2) is 4.98 Å². The lowest BCUT2D eigenvalue weighted by Gasteiger charge is -2.36. The normalized spacial score (nSPS) is 20.2. The lowest BCUT2D eigenvalue weighted by molar-refractivity contribution is -0.127. The Balaban J connectivity index is 1.79. The fourth-order valence-electron chi connectivity index (χ4n) is 2.95.